The van der Waals surface area contributed by atoms with Crippen LogP contribution in [-0.2, 0) is 9.84 Å². The summed E-state index contributed by atoms with van der Waals surface area (Å²) in [5.41, 5.74) is 1.44. The number of benzene rings is 1. The van der Waals surface area contributed by atoms with Crippen LogP contribution in [0, 0.1) is 11.3 Å². The number of nitriles is 1. The lowest BCUT2D eigenvalue weighted by Crippen LogP contribution is -2.21. The van der Waals surface area contributed by atoms with Crippen LogP contribution in [0.2, 0.25) is 0 Å². The molecule has 1 N–H and O–H groups in total. The Labute approximate surface area is 112 Å². The van der Waals surface area contributed by atoms with Gasteiger partial charge in [-0.15, -0.1) is 0 Å². The van der Waals surface area contributed by atoms with Crippen LogP contribution < -0.4 is 5.32 Å². The molecule has 1 heterocycles. The van der Waals surface area contributed by atoms with Crippen molar-refractivity contribution < 1.29 is 13.2 Å². The van der Waals surface area contributed by atoms with Crippen molar-refractivity contribution in [2.45, 2.75) is 19.4 Å². The fourth-order valence-electron chi connectivity index (χ4n) is 2.11. The zero-order valence-electron chi connectivity index (χ0n) is 10.5. The number of sulfone groups is 1. The van der Waals surface area contributed by atoms with Crippen LogP contribution in [0.3, 0.4) is 0 Å². The second-order valence-corrected chi connectivity index (χ2v) is 6.90. The number of ketones is 1. The third-order valence-electron chi connectivity index (χ3n) is 3.14. The second-order valence-electron chi connectivity index (χ2n) is 4.67. The van der Waals surface area contributed by atoms with Gasteiger partial charge in [-0.2, -0.15) is 5.26 Å². The third kappa shape index (κ3) is 3.12. The molecule has 1 unspecified atom stereocenters. The van der Waals surface area contributed by atoms with Crippen LogP contribution in [0.15, 0.2) is 18.2 Å². The first kappa shape index (κ1) is 13.6. The monoisotopic (exact) mass is 278 g/mol. The van der Waals surface area contributed by atoms with Crippen LogP contribution in [0.1, 0.15) is 29.3 Å². The largest absolute Gasteiger partial charge is 0.380 e. The number of carbonyl (C=O) groups excluding carboxylic acids is 1. The summed E-state index contributed by atoms with van der Waals surface area (Å²) in [4.78, 5) is 11.3. The van der Waals surface area contributed by atoms with Gasteiger partial charge in [0.2, 0.25) is 0 Å². The van der Waals surface area contributed by atoms with Crippen molar-refractivity contribution in [1.29, 1.82) is 5.26 Å². The summed E-state index contributed by atoms with van der Waals surface area (Å²) in [6.07, 6.45) is 0.525. The number of rotatable bonds is 3. The summed E-state index contributed by atoms with van der Waals surface area (Å²) >= 11 is 0. The summed E-state index contributed by atoms with van der Waals surface area (Å²) < 4.78 is 22.8. The van der Waals surface area contributed by atoms with Crippen molar-refractivity contribution in [3.8, 4) is 6.07 Å². The molecule has 0 aromatic heterocycles. The van der Waals surface area contributed by atoms with E-state index in [1.54, 1.807) is 18.2 Å². The zero-order chi connectivity index (χ0) is 14.0. The van der Waals surface area contributed by atoms with Gasteiger partial charge in [0.1, 0.15) is 6.07 Å². The molecule has 6 heteroatoms. The number of nitrogens with one attached hydrogen (secondary N) is 1. The van der Waals surface area contributed by atoms with Crippen LogP contribution in [0.4, 0.5) is 5.69 Å². The van der Waals surface area contributed by atoms with Gasteiger partial charge < -0.3 is 5.32 Å². The minimum atomic E-state index is -2.97. The normalized spacial score (nSPS) is 20.7. The number of hydrogen-bond donors (Lipinski definition) is 1. The van der Waals surface area contributed by atoms with Gasteiger partial charge in [-0.05, 0) is 31.5 Å². The van der Waals surface area contributed by atoms with Gasteiger partial charge in [0.15, 0.2) is 15.6 Å². The molecule has 100 valence electrons. The van der Waals surface area contributed by atoms with Crippen LogP contribution in [0.25, 0.3) is 0 Å². The fourth-order valence-corrected chi connectivity index (χ4v) is 3.78. The lowest BCUT2D eigenvalue weighted by Gasteiger charge is -2.14. The minimum absolute atomic E-state index is 0.0716. The zero-order valence-corrected chi connectivity index (χ0v) is 11.3. The van der Waals surface area contributed by atoms with Crippen molar-refractivity contribution in [3.63, 3.8) is 0 Å². The predicted molar refractivity (Wildman–Crippen MR) is 71.8 cm³/mol. The van der Waals surface area contributed by atoms with Gasteiger partial charge >= 0.3 is 0 Å². The highest BCUT2D eigenvalue weighted by Gasteiger charge is 2.28. The Morgan fingerprint density at radius 3 is 2.74 bits per heavy atom. The van der Waals surface area contributed by atoms with E-state index in [0.29, 0.717) is 23.2 Å². The smallest absolute Gasteiger partial charge is 0.159 e. The molecule has 0 amide bonds. The highest BCUT2D eigenvalue weighted by molar-refractivity contribution is 7.91. The number of Topliss-reactive ketones (excluding diaryl/α,β-unsaturated/α-hetero) is 1. The molecule has 0 saturated carbocycles. The molecule has 5 nitrogen and oxygen atoms in total. The van der Waals surface area contributed by atoms with Gasteiger partial charge in [-0.3, -0.25) is 4.79 Å². The molecule has 1 aliphatic heterocycles. The Balaban J connectivity index is 2.26. The Bertz CT molecular complexity index is 659. The first-order chi connectivity index (χ1) is 8.91. The van der Waals surface area contributed by atoms with Crippen LogP contribution >= 0.6 is 0 Å². The maximum atomic E-state index is 11.4. The molecular formula is C13H14N2O3S. The third-order valence-corrected chi connectivity index (χ3v) is 4.91. The molecule has 19 heavy (non-hydrogen) atoms. The predicted octanol–water partition coefficient (Wildman–Crippen LogP) is 1.36. The Kier molecular flexibility index (Phi) is 3.58. The van der Waals surface area contributed by atoms with E-state index >= 15 is 0 Å². The summed E-state index contributed by atoms with van der Waals surface area (Å²) in [5.74, 6) is 0.146. The fraction of sp³-hybridized carbons (Fsp3) is 0.385. The van der Waals surface area contributed by atoms with E-state index in [9.17, 15) is 13.2 Å². The van der Waals surface area contributed by atoms with Crippen molar-refractivity contribution in [1.82, 2.24) is 0 Å². The summed E-state index contributed by atoms with van der Waals surface area (Å²) in [7, 11) is -2.97. The summed E-state index contributed by atoms with van der Waals surface area (Å²) in [6, 6.07) is 6.61. The van der Waals surface area contributed by atoms with E-state index < -0.39 is 9.84 Å². The summed E-state index contributed by atoms with van der Waals surface area (Å²) in [5, 5.41) is 12.1. The lowest BCUT2D eigenvalue weighted by molar-refractivity contribution is 0.101. The van der Waals surface area contributed by atoms with Crippen molar-refractivity contribution in [3.05, 3.63) is 29.3 Å². The Morgan fingerprint density at radius 1 is 1.47 bits per heavy atom. The van der Waals surface area contributed by atoms with Gasteiger partial charge in [-0.25, -0.2) is 8.42 Å². The average molecular weight is 278 g/mol. The van der Waals surface area contributed by atoms with E-state index in [1.807, 2.05) is 6.07 Å². The molecular weight excluding hydrogens is 264 g/mol. The van der Waals surface area contributed by atoms with Gasteiger partial charge in [-0.1, -0.05) is 0 Å². The topological polar surface area (TPSA) is 87.0 Å². The quantitative estimate of drug-likeness (QED) is 0.843. The molecule has 1 aliphatic rings. The molecule has 0 spiro atoms. The van der Waals surface area contributed by atoms with E-state index in [-0.39, 0.29) is 23.3 Å². The number of nitrogens with zero attached hydrogens (tertiary/aromatic N) is 1. The number of anilines is 1. The molecule has 1 atom stereocenters. The Morgan fingerprint density at radius 2 is 2.21 bits per heavy atom. The van der Waals surface area contributed by atoms with Crippen molar-refractivity contribution in [2.75, 3.05) is 16.8 Å². The number of hydrogen-bond acceptors (Lipinski definition) is 5. The van der Waals surface area contributed by atoms with E-state index in [1.165, 1.54) is 6.92 Å². The SMILES string of the molecule is CC(=O)c1ccc(C#N)c(NC2CCS(=O)(=O)C2)c1. The first-order valence-corrected chi connectivity index (χ1v) is 7.75. The maximum Gasteiger partial charge on any atom is 0.159 e. The molecule has 1 aromatic carbocycles. The summed E-state index contributed by atoms with van der Waals surface area (Å²) in [6.45, 7) is 1.45. The molecule has 0 aliphatic carbocycles. The standard InChI is InChI=1S/C13H14N2O3S/c1-9(16)10-2-3-11(7-14)13(6-10)15-12-4-5-19(17,18)8-12/h2-3,6,12,15H,4-5,8H2,1H3. The van der Waals surface area contributed by atoms with E-state index in [4.69, 9.17) is 5.26 Å². The van der Waals surface area contributed by atoms with Crippen molar-refractivity contribution in [2.24, 2.45) is 0 Å². The van der Waals surface area contributed by atoms with Crippen LogP contribution in [-0.4, -0.2) is 31.7 Å². The second kappa shape index (κ2) is 5.02. The average Bonchev–Trinajstić information content (AvgIpc) is 2.68. The highest BCUT2D eigenvalue weighted by Crippen LogP contribution is 2.22. The molecule has 0 radical (unpaired) electrons. The Hall–Kier alpha value is -1.87. The van der Waals surface area contributed by atoms with E-state index in [2.05, 4.69) is 5.32 Å². The first-order valence-electron chi connectivity index (χ1n) is 5.93. The number of carbonyl (C=O) groups is 1. The van der Waals surface area contributed by atoms with Gasteiger partial charge in [0.05, 0.1) is 22.8 Å². The highest BCUT2D eigenvalue weighted by atomic mass is 32.2. The minimum Gasteiger partial charge on any atom is -0.380 e. The molecule has 1 saturated heterocycles. The van der Waals surface area contributed by atoms with Gasteiger partial charge in [0.25, 0.3) is 0 Å². The van der Waals surface area contributed by atoms with E-state index in [0.717, 1.165) is 0 Å². The lowest BCUT2D eigenvalue weighted by atomic mass is 10.1. The molecule has 1 aromatic rings. The van der Waals surface area contributed by atoms with Gasteiger partial charge in [0, 0.05) is 11.6 Å². The molecule has 0 bridgehead atoms. The van der Waals surface area contributed by atoms with Crippen molar-refractivity contribution >= 4 is 21.3 Å². The molecule has 2 rings (SSSR count). The van der Waals surface area contributed by atoms with Crippen LogP contribution in [0.5, 0.6) is 0 Å². The molecule has 1 fully saturated rings. The maximum absolute atomic E-state index is 11.4.